The lowest BCUT2D eigenvalue weighted by Crippen LogP contribution is -2.44. The van der Waals surface area contributed by atoms with Gasteiger partial charge in [-0.05, 0) is 67.6 Å². The highest BCUT2D eigenvalue weighted by molar-refractivity contribution is 5.83. The molecule has 9 heteroatoms. The fourth-order valence-electron chi connectivity index (χ4n) is 4.82. The number of carboxylic acid groups (broad SMARTS) is 1. The van der Waals surface area contributed by atoms with E-state index in [1.807, 2.05) is 17.0 Å². The first-order chi connectivity index (χ1) is 17.8. The number of rotatable bonds is 7. The number of aliphatic carboxylic acids is 1. The Balaban J connectivity index is 1.39. The minimum Gasteiger partial charge on any atom is -0.497 e. The third kappa shape index (κ3) is 6.21. The largest absolute Gasteiger partial charge is 0.497 e. The fraction of sp³-hybridized carbons (Fsp3) is 0.357. The second-order valence-electron chi connectivity index (χ2n) is 9.16. The molecule has 1 aliphatic rings. The number of fused-ring (bicyclic) bond motifs is 1. The molecule has 0 bridgehead atoms. The van der Waals surface area contributed by atoms with Gasteiger partial charge in [0.15, 0.2) is 11.6 Å². The molecule has 0 aliphatic carbocycles. The van der Waals surface area contributed by atoms with Crippen LogP contribution in [0.1, 0.15) is 36.5 Å². The summed E-state index contributed by atoms with van der Waals surface area (Å²) in [4.78, 5) is 18.2. The van der Waals surface area contributed by atoms with Gasteiger partial charge in [-0.2, -0.15) is 0 Å². The van der Waals surface area contributed by atoms with Gasteiger partial charge in [0.05, 0.1) is 36.8 Å². The molecule has 1 fully saturated rings. The number of hydrogen-bond donors (Lipinski definition) is 2. The number of piperidine rings is 1. The number of benzene rings is 2. The molecule has 4 rings (SSSR count). The Labute approximate surface area is 212 Å². The zero-order valence-electron chi connectivity index (χ0n) is 20.3. The standard InChI is InChI=1S/C28H27F3N2O4/c1-37-20-5-6-25-22(15-20)21(8-10-32-25)26(34)7-4-17-9-12-33(16-23(17)28(35)36)11-2-3-18-13-19(29)14-24(30)27(18)31/h5-6,8,10,13-15,17,23,26,34H,4,7,9,11-12,16H2,1H3,(H,35,36)/t17-,23+,26?/m1/s1. The van der Waals surface area contributed by atoms with Crippen LogP contribution >= 0.6 is 0 Å². The molecule has 0 spiro atoms. The number of carbonyl (C=O) groups is 1. The third-order valence-electron chi connectivity index (χ3n) is 6.83. The SMILES string of the molecule is COc1ccc2nccc(C(O)CC[C@@H]3CCN(CC#Cc4cc(F)cc(F)c4F)C[C@@H]3C(=O)O)c2c1. The maximum atomic E-state index is 13.8. The number of carboxylic acids is 1. The molecule has 2 N–H and O–H groups in total. The zero-order valence-corrected chi connectivity index (χ0v) is 20.3. The number of nitrogens with zero attached hydrogens (tertiary/aromatic N) is 2. The van der Waals surface area contributed by atoms with Gasteiger partial charge in [-0.3, -0.25) is 14.7 Å². The second kappa shape index (κ2) is 11.6. The molecule has 3 aromatic rings. The highest BCUT2D eigenvalue weighted by Crippen LogP contribution is 2.33. The summed E-state index contributed by atoms with van der Waals surface area (Å²) < 4.78 is 45.8. The van der Waals surface area contributed by atoms with Crippen LogP contribution in [0.15, 0.2) is 42.6 Å². The Hall–Kier alpha value is -3.61. The third-order valence-corrected chi connectivity index (χ3v) is 6.83. The lowest BCUT2D eigenvalue weighted by atomic mass is 9.81. The summed E-state index contributed by atoms with van der Waals surface area (Å²) in [7, 11) is 1.57. The number of halogens is 3. The second-order valence-corrected chi connectivity index (χ2v) is 9.16. The Morgan fingerprint density at radius 3 is 2.81 bits per heavy atom. The van der Waals surface area contributed by atoms with E-state index in [9.17, 15) is 28.2 Å². The van der Waals surface area contributed by atoms with Gasteiger partial charge >= 0.3 is 5.97 Å². The Bertz CT molecular complexity index is 1350. The van der Waals surface area contributed by atoms with Crippen LogP contribution < -0.4 is 4.74 Å². The number of aliphatic hydroxyl groups is 1. The van der Waals surface area contributed by atoms with Crippen molar-refractivity contribution in [3.05, 3.63) is 71.2 Å². The normalized spacial score (nSPS) is 18.7. The van der Waals surface area contributed by atoms with Crippen molar-refractivity contribution in [2.24, 2.45) is 11.8 Å². The Morgan fingerprint density at radius 2 is 2.05 bits per heavy atom. The van der Waals surface area contributed by atoms with E-state index in [1.54, 1.807) is 25.4 Å². The number of ether oxygens (including phenoxy) is 1. The van der Waals surface area contributed by atoms with Crippen molar-refractivity contribution in [2.45, 2.75) is 25.4 Å². The molecule has 2 aromatic carbocycles. The molecule has 6 nitrogen and oxygen atoms in total. The molecule has 2 heterocycles. The maximum absolute atomic E-state index is 13.8. The van der Waals surface area contributed by atoms with Crippen LogP contribution in [0.3, 0.4) is 0 Å². The van der Waals surface area contributed by atoms with E-state index >= 15 is 0 Å². The number of aliphatic hydroxyl groups excluding tert-OH is 1. The van der Waals surface area contributed by atoms with Crippen LogP contribution in [0, 0.1) is 41.1 Å². The van der Waals surface area contributed by atoms with Gasteiger partial charge in [-0.15, -0.1) is 0 Å². The van der Waals surface area contributed by atoms with E-state index in [0.29, 0.717) is 43.2 Å². The van der Waals surface area contributed by atoms with Crippen LogP contribution in [0.4, 0.5) is 13.2 Å². The summed E-state index contributed by atoms with van der Waals surface area (Å²) in [6, 6.07) is 8.48. The molecular weight excluding hydrogens is 485 g/mol. The van der Waals surface area contributed by atoms with Crippen LogP contribution in [0.5, 0.6) is 5.75 Å². The smallest absolute Gasteiger partial charge is 0.308 e. The van der Waals surface area contributed by atoms with E-state index < -0.39 is 35.4 Å². The number of likely N-dealkylation sites (tertiary alicyclic amines) is 1. The summed E-state index contributed by atoms with van der Waals surface area (Å²) in [6.45, 7) is 0.941. The van der Waals surface area contributed by atoms with Crippen LogP contribution in [0.2, 0.25) is 0 Å². The van der Waals surface area contributed by atoms with Gasteiger partial charge < -0.3 is 14.9 Å². The number of pyridine rings is 1. The Kier molecular flexibility index (Phi) is 8.31. The van der Waals surface area contributed by atoms with E-state index in [2.05, 4.69) is 16.8 Å². The summed E-state index contributed by atoms with van der Waals surface area (Å²) in [5, 5.41) is 21.6. The highest BCUT2D eigenvalue weighted by atomic mass is 19.2. The fourth-order valence-corrected chi connectivity index (χ4v) is 4.82. The summed E-state index contributed by atoms with van der Waals surface area (Å²) in [5.74, 6) is 0.595. The molecule has 0 saturated carbocycles. The van der Waals surface area contributed by atoms with Crippen molar-refractivity contribution in [1.82, 2.24) is 9.88 Å². The van der Waals surface area contributed by atoms with E-state index in [4.69, 9.17) is 4.74 Å². The molecular formula is C28H27F3N2O4. The van der Waals surface area contributed by atoms with Crippen LogP contribution in [-0.4, -0.2) is 52.8 Å². The number of methoxy groups -OCH3 is 1. The summed E-state index contributed by atoms with van der Waals surface area (Å²) >= 11 is 0. The van der Waals surface area contributed by atoms with Crippen molar-refractivity contribution < 1.29 is 32.9 Å². The average Bonchev–Trinajstić information content (AvgIpc) is 2.89. The predicted octanol–water partition coefficient (Wildman–Crippen LogP) is 4.55. The van der Waals surface area contributed by atoms with E-state index in [1.165, 1.54) is 0 Å². The van der Waals surface area contributed by atoms with Gasteiger partial charge in [0, 0.05) is 24.2 Å². The highest BCUT2D eigenvalue weighted by Gasteiger charge is 2.34. The molecule has 3 atom stereocenters. The predicted molar refractivity (Wildman–Crippen MR) is 131 cm³/mol. The minimum absolute atomic E-state index is 0.140. The first kappa shape index (κ1) is 26.5. The van der Waals surface area contributed by atoms with Crippen molar-refractivity contribution >= 4 is 16.9 Å². The zero-order chi connectivity index (χ0) is 26.5. The Morgan fingerprint density at radius 1 is 1.24 bits per heavy atom. The molecule has 1 aromatic heterocycles. The molecule has 1 aliphatic heterocycles. The van der Waals surface area contributed by atoms with Crippen molar-refractivity contribution in [2.75, 3.05) is 26.7 Å². The van der Waals surface area contributed by atoms with Gasteiger partial charge in [0.25, 0.3) is 0 Å². The van der Waals surface area contributed by atoms with Crippen molar-refractivity contribution in [3.8, 4) is 17.6 Å². The molecule has 1 unspecified atom stereocenters. The molecule has 0 amide bonds. The molecule has 1 saturated heterocycles. The summed E-state index contributed by atoms with van der Waals surface area (Å²) in [5.41, 5.74) is 1.07. The van der Waals surface area contributed by atoms with Crippen LogP contribution in [0.25, 0.3) is 10.9 Å². The number of aromatic nitrogens is 1. The first-order valence-corrected chi connectivity index (χ1v) is 12.0. The average molecular weight is 513 g/mol. The minimum atomic E-state index is -1.31. The summed E-state index contributed by atoms with van der Waals surface area (Å²) in [6.07, 6.45) is 2.32. The van der Waals surface area contributed by atoms with Crippen molar-refractivity contribution in [1.29, 1.82) is 0 Å². The topological polar surface area (TPSA) is 82.9 Å². The van der Waals surface area contributed by atoms with E-state index in [0.717, 1.165) is 17.0 Å². The maximum Gasteiger partial charge on any atom is 0.308 e. The van der Waals surface area contributed by atoms with Crippen molar-refractivity contribution in [3.63, 3.8) is 0 Å². The first-order valence-electron chi connectivity index (χ1n) is 12.0. The molecule has 0 radical (unpaired) electrons. The van der Waals surface area contributed by atoms with E-state index in [-0.39, 0.29) is 24.6 Å². The molecule has 37 heavy (non-hydrogen) atoms. The van der Waals surface area contributed by atoms with Crippen LogP contribution in [-0.2, 0) is 4.79 Å². The number of hydrogen-bond acceptors (Lipinski definition) is 5. The lowest BCUT2D eigenvalue weighted by Gasteiger charge is -2.36. The van der Waals surface area contributed by atoms with Gasteiger partial charge in [-0.25, -0.2) is 13.2 Å². The van der Waals surface area contributed by atoms with Gasteiger partial charge in [0.2, 0.25) is 0 Å². The monoisotopic (exact) mass is 512 g/mol. The van der Waals surface area contributed by atoms with Gasteiger partial charge in [0.1, 0.15) is 11.6 Å². The lowest BCUT2D eigenvalue weighted by molar-refractivity contribution is -0.146. The quantitative estimate of drug-likeness (QED) is 0.357. The van der Waals surface area contributed by atoms with Gasteiger partial charge in [-0.1, -0.05) is 11.8 Å². The molecule has 194 valence electrons.